The van der Waals surface area contributed by atoms with Gasteiger partial charge < -0.3 is 4.90 Å². The van der Waals surface area contributed by atoms with Crippen molar-refractivity contribution in [2.75, 3.05) is 19.6 Å². The summed E-state index contributed by atoms with van der Waals surface area (Å²) in [7, 11) is 0. The van der Waals surface area contributed by atoms with E-state index in [4.69, 9.17) is 0 Å². The molecule has 2 aromatic heterocycles. The van der Waals surface area contributed by atoms with E-state index in [1.165, 1.54) is 12.7 Å². The van der Waals surface area contributed by atoms with Crippen LogP contribution in [0.25, 0.3) is 0 Å². The predicted molar refractivity (Wildman–Crippen MR) is 97.0 cm³/mol. The molecule has 5 rings (SSSR count). The van der Waals surface area contributed by atoms with Crippen LogP contribution in [-0.2, 0) is 17.9 Å². The Kier molecular flexibility index (Phi) is 5.24. The van der Waals surface area contributed by atoms with E-state index in [1.807, 2.05) is 18.3 Å². The Morgan fingerprint density at radius 1 is 1.19 bits per heavy atom. The van der Waals surface area contributed by atoms with E-state index >= 15 is 0 Å². The second-order valence-electron chi connectivity index (χ2n) is 7.42. The van der Waals surface area contributed by atoms with Crippen LogP contribution in [0, 0.1) is 5.92 Å². The van der Waals surface area contributed by atoms with E-state index in [0.717, 1.165) is 51.3 Å². The van der Waals surface area contributed by atoms with Gasteiger partial charge in [0.2, 0.25) is 5.91 Å². The average molecular weight is 354 g/mol. The molecule has 2 aromatic rings. The molecule has 0 N–H and O–H groups in total. The van der Waals surface area contributed by atoms with Gasteiger partial charge in [-0.3, -0.25) is 19.4 Å². The van der Waals surface area contributed by atoms with Crippen LogP contribution < -0.4 is 0 Å². The summed E-state index contributed by atoms with van der Waals surface area (Å²) in [5.74, 6) is 0.872. The lowest BCUT2D eigenvalue weighted by atomic mass is 9.94. The van der Waals surface area contributed by atoms with Gasteiger partial charge >= 0.3 is 0 Å². The molecule has 1 amide bonds. The lowest BCUT2D eigenvalue weighted by Crippen LogP contribution is -2.47. The van der Waals surface area contributed by atoms with Crippen LogP contribution in [0.15, 0.2) is 37.1 Å². The molecule has 2 atom stereocenters. The molecule has 138 valence electrons. The van der Waals surface area contributed by atoms with E-state index in [0.29, 0.717) is 24.3 Å². The smallest absolute Gasteiger partial charge is 0.222 e. The van der Waals surface area contributed by atoms with E-state index in [1.54, 1.807) is 11.0 Å². The van der Waals surface area contributed by atoms with Crippen molar-refractivity contribution in [2.45, 2.75) is 44.8 Å². The van der Waals surface area contributed by atoms with Gasteiger partial charge in [0.05, 0.1) is 5.69 Å². The van der Waals surface area contributed by atoms with E-state index in [9.17, 15) is 4.79 Å². The highest BCUT2D eigenvalue weighted by Crippen LogP contribution is 2.29. The van der Waals surface area contributed by atoms with E-state index in [-0.39, 0.29) is 0 Å². The summed E-state index contributed by atoms with van der Waals surface area (Å²) in [6, 6.07) is 6.42. The van der Waals surface area contributed by atoms with E-state index in [2.05, 4.69) is 30.9 Å². The molecule has 7 nitrogen and oxygen atoms in total. The van der Waals surface area contributed by atoms with Crippen molar-refractivity contribution in [1.82, 2.24) is 29.5 Å². The number of carbonyl (C=O) groups excluding carboxylic acids is 1. The molecule has 0 unspecified atom stereocenters. The minimum absolute atomic E-state index is 0.291. The summed E-state index contributed by atoms with van der Waals surface area (Å²) in [6.07, 6.45) is 8.84. The molecule has 7 heteroatoms. The Hall–Kier alpha value is -2.28. The molecular formula is C19H26N6O. The third-order valence-corrected chi connectivity index (χ3v) is 5.47. The highest BCUT2D eigenvalue weighted by atomic mass is 16.2. The van der Waals surface area contributed by atoms with Gasteiger partial charge in [0.25, 0.3) is 0 Å². The van der Waals surface area contributed by atoms with Crippen molar-refractivity contribution in [1.29, 1.82) is 0 Å². The number of hydrogen-bond donors (Lipinski definition) is 0. The zero-order valence-corrected chi connectivity index (χ0v) is 15.1. The first-order chi connectivity index (χ1) is 12.8. The van der Waals surface area contributed by atoms with Gasteiger partial charge in [-0.05, 0) is 37.3 Å². The molecule has 3 fully saturated rings. The number of rotatable bonds is 6. The molecule has 0 aromatic carbocycles. The van der Waals surface area contributed by atoms with Gasteiger partial charge in [0.1, 0.15) is 12.7 Å². The number of fused-ring (bicyclic) bond motifs is 4. The summed E-state index contributed by atoms with van der Waals surface area (Å²) in [4.78, 5) is 25.8. The topological polar surface area (TPSA) is 67.2 Å². The summed E-state index contributed by atoms with van der Waals surface area (Å²) in [5, 5.41) is 4.10. The van der Waals surface area contributed by atoms with Gasteiger partial charge in [-0.1, -0.05) is 6.07 Å². The van der Waals surface area contributed by atoms with Crippen LogP contribution in [0.3, 0.4) is 0 Å². The lowest BCUT2D eigenvalue weighted by Gasteiger charge is -2.36. The molecule has 0 spiro atoms. The minimum Gasteiger partial charge on any atom is -0.338 e. The Balaban J connectivity index is 1.33. The fraction of sp³-hybridized carbons (Fsp3) is 0.579. The average Bonchev–Trinajstić information content (AvgIpc) is 3.02. The molecular weight excluding hydrogens is 328 g/mol. The van der Waals surface area contributed by atoms with Crippen LogP contribution >= 0.6 is 0 Å². The number of piperidine rings is 1. The second-order valence-corrected chi connectivity index (χ2v) is 7.42. The zero-order valence-electron chi connectivity index (χ0n) is 15.1. The monoisotopic (exact) mass is 354 g/mol. The summed E-state index contributed by atoms with van der Waals surface area (Å²) >= 11 is 0. The first-order valence-corrected chi connectivity index (χ1v) is 9.52. The first kappa shape index (κ1) is 17.1. The Bertz CT molecular complexity index is 704. The second kappa shape index (κ2) is 7.95. The highest BCUT2D eigenvalue weighted by molar-refractivity contribution is 5.76. The highest BCUT2D eigenvalue weighted by Gasteiger charge is 2.36. The van der Waals surface area contributed by atoms with Gasteiger partial charge in [0, 0.05) is 51.4 Å². The molecule has 0 radical (unpaired) electrons. The lowest BCUT2D eigenvalue weighted by molar-refractivity contribution is -0.135. The van der Waals surface area contributed by atoms with Gasteiger partial charge in [-0.2, -0.15) is 5.10 Å². The minimum atomic E-state index is 0.291. The van der Waals surface area contributed by atoms with Crippen LogP contribution in [0.4, 0.5) is 0 Å². The molecule has 26 heavy (non-hydrogen) atoms. The number of amides is 1. The Morgan fingerprint density at radius 3 is 2.96 bits per heavy atom. The van der Waals surface area contributed by atoms with Crippen LogP contribution in [0.2, 0.25) is 0 Å². The standard InChI is InChI=1S/C19H26N6O/c26-19(5-3-9-24-15-20-14-22-24)25-11-16-6-7-18(25)13-23(10-16)12-17-4-1-2-8-21-17/h1-2,4,8,14-16,18H,3,5-7,9-13H2/t16-,18+/m0/s1. The van der Waals surface area contributed by atoms with Gasteiger partial charge in [-0.25, -0.2) is 4.98 Å². The van der Waals surface area contributed by atoms with E-state index < -0.39 is 0 Å². The van der Waals surface area contributed by atoms with Gasteiger partial charge in [0.15, 0.2) is 0 Å². The van der Waals surface area contributed by atoms with Crippen molar-refractivity contribution >= 4 is 5.91 Å². The number of nitrogens with zero attached hydrogens (tertiary/aromatic N) is 6. The third-order valence-electron chi connectivity index (χ3n) is 5.47. The molecule has 0 aliphatic carbocycles. The molecule has 3 aliphatic heterocycles. The largest absolute Gasteiger partial charge is 0.338 e. The van der Waals surface area contributed by atoms with Gasteiger partial charge in [-0.15, -0.1) is 0 Å². The number of aromatic nitrogens is 4. The number of hydrogen-bond acceptors (Lipinski definition) is 5. The molecule has 5 heterocycles. The summed E-state index contributed by atoms with van der Waals surface area (Å²) < 4.78 is 1.79. The van der Waals surface area contributed by atoms with Crippen molar-refractivity contribution in [3.8, 4) is 0 Å². The predicted octanol–water partition coefficient (Wildman–Crippen LogP) is 1.58. The fourth-order valence-electron chi connectivity index (χ4n) is 4.22. The maximum absolute atomic E-state index is 12.8. The Labute approximate surface area is 154 Å². The summed E-state index contributed by atoms with van der Waals surface area (Å²) in [5.41, 5.74) is 1.11. The molecule has 2 bridgehead atoms. The quantitative estimate of drug-likeness (QED) is 0.788. The number of carbonyl (C=O) groups is 1. The molecule has 3 saturated heterocycles. The van der Waals surface area contributed by atoms with Crippen molar-refractivity contribution in [2.24, 2.45) is 5.92 Å². The number of aryl methyl sites for hydroxylation is 1. The zero-order chi connectivity index (χ0) is 17.8. The number of pyridine rings is 1. The normalized spacial score (nSPS) is 23.2. The third kappa shape index (κ3) is 4.09. The van der Waals surface area contributed by atoms with Crippen molar-refractivity contribution < 1.29 is 4.79 Å². The van der Waals surface area contributed by atoms with Crippen LogP contribution in [0.5, 0.6) is 0 Å². The molecule has 3 aliphatic rings. The first-order valence-electron chi connectivity index (χ1n) is 9.52. The Morgan fingerprint density at radius 2 is 2.15 bits per heavy atom. The maximum atomic E-state index is 12.8. The molecule has 0 saturated carbocycles. The van der Waals surface area contributed by atoms with Crippen LogP contribution in [-0.4, -0.2) is 61.1 Å². The van der Waals surface area contributed by atoms with Crippen LogP contribution in [0.1, 0.15) is 31.4 Å². The van der Waals surface area contributed by atoms with Crippen molar-refractivity contribution in [3.63, 3.8) is 0 Å². The summed E-state index contributed by atoms with van der Waals surface area (Å²) in [6.45, 7) is 4.56. The SMILES string of the molecule is O=C(CCCn1cncn1)N1C[C@H]2CC[C@@H]1CN(Cc1ccccn1)C2. The fourth-order valence-corrected chi connectivity index (χ4v) is 4.22. The maximum Gasteiger partial charge on any atom is 0.222 e. The van der Waals surface area contributed by atoms with Crippen molar-refractivity contribution in [3.05, 3.63) is 42.7 Å².